The largest absolute Gasteiger partial charge is 4.00 e. The minimum atomic E-state index is -0.750. The summed E-state index contributed by atoms with van der Waals surface area (Å²) in [5.74, 6) is 0. The first kappa shape index (κ1) is 30.0. The maximum Gasteiger partial charge on any atom is 4.00 e. The second-order valence-corrected chi connectivity index (χ2v) is 2.89. The van der Waals surface area contributed by atoms with Gasteiger partial charge in [0, 0.05) is 0 Å². The van der Waals surface area contributed by atoms with E-state index >= 15 is 0 Å². The Kier molecular flexibility index (Phi) is 43.7. The van der Waals surface area contributed by atoms with E-state index in [1.165, 1.54) is 0 Å². The summed E-state index contributed by atoms with van der Waals surface area (Å²) in [7, 11) is 0. The van der Waals surface area contributed by atoms with Crippen molar-refractivity contribution in [3.05, 3.63) is 0 Å². The molecule has 13 heteroatoms. The van der Waals surface area contributed by atoms with Crippen LogP contribution in [0.1, 0.15) is 0 Å². The number of hydrogen-bond donors (Lipinski definition) is 4. The van der Waals surface area contributed by atoms with Crippen LogP contribution in [-0.4, -0.2) is 21.0 Å². The fraction of sp³-hybridized carbons (Fsp3) is 0. The summed E-state index contributed by atoms with van der Waals surface area (Å²) in [6.45, 7) is 0. The number of nitrogens with two attached hydrogens (primary N) is 4. The maximum absolute atomic E-state index is 9.04. The maximum atomic E-state index is 9.04. The van der Waals surface area contributed by atoms with Crippen LogP contribution < -0.4 is 22.9 Å². The molecule has 0 fully saturated rings. The number of hydrogen-bond acceptors (Lipinski definition) is 8. The average molecular weight is 483 g/mol. The first-order chi connectivity index (χ1) is 6.93. The van der Waals surface area contributed by atoms with E-state index in [-0.39, 0.29) is 25.8 Å². The molecule has 0 bridgehead atoms. The Bertz CT molecular complexity index is 178. The first-order valence-electron chi connectivity index (χ1n) is 2.79. The van der Waals surface area contributed by atoms with Crippen LogP contribution in [0.15, 0.2) is 0 Å². The molecular weight excluding hydrogens is 475 g/mol. The van der Waals surface area contributed by atoms with Crippen LogP contribution in [0.4, 0.5) is 19.2 Å². The zero-order valence-corrected chi connectivity index (χ0v) is 14.9. The SMILES string of the molecule is NC(=O)[S-].NC(=O)[S-].NC(=O)[S-].NC(=O)[S-].[Hf+4]. The van der Waals surface area contributed by atoms with Gasteiger partial charge in [0.2, 0.25) is 0 Å². The zero-order valence-electron chi connectivity index (χ0n) is 8.08. The van der Waals surface area contributed by atoms with E-state index < -0.39 is 21.0 Å². The van der Waals surface area contributed by atoms with E-state index in [1.807, 2.05) is 0 Å². The molecule has 8 nitrogen and oxygen atoms in total. The molecule has 0 saturated heterocycles. The summed E-state index contributed by atoms with van der Waals surface area (Å²) in [6, 6.07) is 0. The molecule has 0 heterocycles. The summed E-state index contributed by atoms with van der Waals surface area (Å²) in [5.41, 5.74) is 17.1. The topological polar surface area (TPSA) is 172 Å². The van der Waals surface area contributed by atoms with Crippen LogP contribution in [-0.2, 0) is 76.4 Å². The Morgan fingerprint density at radius 1 is 0.529 bits per heavy atom. The molecule has 8 N–H and O–H groups in total. The molecule has 0 aliphatic rings. The molecule has 0 unspecified atom stereocenters. The summed E-state index contributed by atoms with van der Waals surface area (Å²) >= 11 is 15.0. The van der Waals surface area contributed by atoms with Gasteiger partial charge in [-0.25, -0.2) is 0 Å². The van der Waals surface area contributed by atoms with E-state index in [0.717, 1.165) is 0 Å². The quantitative estimate of drug-likeness (QED) is 0.237. The molecular formula is C4H8HfN4O4S4. The summed E-state index contributed by atoms with van der Waals surface area (Å²) < 4.78 is 0. The van der Waals surface area contributed by atoms with Gasteiger partial charge in [0.1, 0.15) is 0 Å². The molecule has 0 aromatic rings. The standard InChI is InChI=1S/4CH3NOS.Hf/c4*2-1(3)4;/h4*(H3,2,3,4);/q;;;;+4/p-4. The monoisotopic (exact) mass is 484 g/mol. The Morgan fingerprint density at radius 2 is 0.529 bits per heavy atom. The molecule has 0 rings (SSSR count). The third kappa shape index (κ3) is 21200. The minimum absolute atomic E-state index is 0. The first-order valence-corrected chi connectivity index (χ1v) is 4.42. The fourth-order valence-corrected chi connectivity index (χ4v) is 0. The molecule has 0 atom stereocenters. The molecule has 0 saturated carbocycles. The smallest absolute Gasteiger partial charge is 0.719 e. The predicted octanol–water partition coefficient (Wildman–Crippen LogP) is -1.55. The van der Waals surface area contributed by atoms with E-state index in [2.05, 4.69) is 73.4 Å². The van der Waals surface area contributed by atoms with Crippen LogP contribution in [0.2, 0.25) is 0 Å². The molecule has 96 valence electrons. The van der Waals surface area contributed by atoms with E-state index in [1.54, 1.807) is 0 Å². The molecule has 0 aromatic carbocycles. The van der Waals surface area contributed by atoms with Gasteiger partial charge in [-0.15, -0.1) is 0 Å². The Morgan fingerprint density at radius 3 is 0.529 bits per heavy atom. The number of primary amides is 4. The van der Waals surface area contributed by atoms with Gasteiger partial charge >= 0.3 is 25.8 Å². The average Bonchev–Trinajstić information content (AvgIpc) is 1.76. The summed E-state index contributed by atoms with van der Waals surface area (Å²) in [5, 5.41) is -3.00. The van der Waals surface area contributed by atoms with Gasteiger partial charge in [-0.05, 0) is 0 Å². The number of rotatable bonds is 0. The Labute approximate surface area is 138 Å². The number of carbonyl (C=O) groups excluding carboxylic acids is 4. The second kappa shape index (κ2) is 24.7. The Balaban J connectivity index is -0.0000000369. The predicted molar refractivity (Wildman–Crippen MR) is 67.8 cm³/mol. The van der Waals surface area contributed by atoms with Gasteiger partial charge in [-0.1, -0.05) is 0 Å². The number of carbonyl (C=O) groups is 4. The van der Waals surface area contributed by atoms with Gasteiger partial charge < -0.3 is 92.6 Å². The minimum Gasteiger partial charge on any atom is -0.719 e. The Hall–Kier alpha value is -0.370. The van der Waals surface area contributed by atoms with Crippen LogP contribution >= 0.6 is 0 Å². The summed E-state index contributed by atoms with van der Waals surface area (Å²) in [6.07, 6.45) is 0. The van der Waals surface area contributed by atoms with Crippen molar-refractivity contribution in [3.63, 3.8) is 0 Å². The molecule has 0 aromatic heterocycles. The third-order valence-corrected chi connectivity index (χ3v) is 0. The fourth-order valence-electron chi connectivity index (χ4n) is 0. The molecule has 0 spiro atoms. The van der Waals surface area contributed by atoms with Crippen LogP contribution in [0.25, 0.3) is 0 Å². The van der Waals surface area contributed by atoms with Crippen molar-refractivity contribution < 1.29 is 45.0 Å². The second-order valence-electron chi connectivity index (χ2n) is 1.28. The van der Waals surface area contributed by atoms with Crippen molar-refractivity contribution in [3.8, 4) is 0 Å². The van der Waals surface area contributed by atoms with Crippen molar-refractivity contribution in [1.82, 2.24) is 0 Å². The number of amides is 4. The molecule has 0 aliphatic carbocycles. The van der Waals surface area contributed by atoms with Gasteiger partial charge in [0.15, 0.2) is 0 Å². The van der Waals surface area contributed by atoms with Crippen molar-refractivity contribution in [2.75, 3.05) is 0 Å². The van der Waals surface area contributed by atoms with Gasteiger partial charge in [0.05, 0.1) is 21.0 Å². The van der Waals surface area contributed by atoms with E-state index in [0.29, 0.717) is 0 Å². The van der Waals surface area contributed by atoms with Gasteiger partial charge in [0.25, 0.3) is 0 Å². The van der Waals surface area contributed by atoms with Gasteiger partial charge in [-0.3, -0.25) is 0 Å². The molecule has 0 radical (unpaired) electrons. The van der Waals surface area contributed by atoms with Crippen LogP contribution in [0.3, 0.4) is 0 Å². The normalized spacial score (nSPS) is 5.65. The van der Waals surface area contributed by atoms with Crippen molar-refractivity contribution >= 4 is 71.5 Å². The summed E-state index contributed by atoms with van der Waals surface area (Å²) in [4.78, 5) is 36.1. The van der Waals surface area contributed by atoms with Gasteiger partial charge in [-0.2, -0.15) is 0 Å². The van der Waals surface area contributed by atoms with Crippen molar-refractivity contribution in [2.24, 2.45) is 22.9 Å². The van der Waals surface area contributed by atoms with E-state index in [4.69, 9.17) is 19.2 Å². The van der Waals surface area contributed by atoms with E-state index in [9.17, 15) is 0 Å². The molecule has 17 heavy (non-hydrogen) atoms. The van der Waals surface area contributed by atoms with Crippen molar-refractivity contribution in [2.45, 2.75) is 0 Å². The van der Waals surface area contributed by atoms with Crippen LogP contribution in [0.5, 0.6) is 0 Å². The third-order valence-electron chi connectivity index (χ3n) is 0. The molecule has 4 amide bonds. The zero-order chi connectivity index (χ0) is 14.3. The van der Waals surface area contributed by atoms with Crippen LogP contribution in [0, 0.1) is 0 Å². The molecule has 0 aliphatic heterocycles. The van der Waals surface area contributed by atoms with Crippen molar-refractivity contribution in [1.29, 1.82) is 0 Å².